The van der Waals surface area contributed by atoms with Gasteiger partial charge >= 0.3 is 0 Å². The molecule has 1 saturated heterocycles. The molecule has 1 aliphatic heterocycles. The van der Waals surface area contributed by atoms with Crippen molar-refractivity contribution in [3.05, 3.63) is 84.2 Å². The summed E-state index contributed by atoms with van der Waals surface area (Å²) >= 11 is 0. The molecule has 0 aliphatic carbocycles. The normalized spacial score (nSPS) is 16.7. The Morgan fingerprint density at radius 1 is 1.16 bits per heavy atom. The summed E-state index contributed by atoms with van der Waals surface area (Å²) in [5.41, 5.74) is 3.46. The van der Waals surface area contributed by atoms with Gasteiger partial charge in [0.1, 0.15) is 6.10 Å². The number of carbonyl (C=O) groups excluding carboxylic acids is 1. The average molecular weight is 428 g/mol. The number of H-pyrrole nitrogens is 1. The van der Waals surface area contributed by atoms with E-state index in [1.165, 1.54) is 5.56 Å². The number of nitrogens with zero attached hydrogens (tertiary/aromatic N) is 3. The van der Waals surface area contributed by atoms with Gasteiger partial charge in [-0.25, -0.2) is 4.98 Å². The number of hydrogen-bond donors (Lipinski definition) is 2. The smallest absolute Gasteiger partial charge is 0.255 e. The van der Waals surface area contributed by atoms with Crippen LogP contribution in [0.2, 0.25) is 0 Å². The first-order chi connectivity index (χ1) is 15.7. The molecule has 0 radical (unpaired) electrons. The lowest BCUT2D eigenvalue weighted by Gasteiger charge is -2.32. The number of benzene rings is 2. The molecule has 162 valence electrons. The predicted octanol–water partition coefficient (Wildman–Crippen LogP) is 4.25. The summed E-state index contributed by atoms with van der Waals surface area (Å²) < 4.78 is 6.17. The lowest BCUT2D eigenvalue weighted by molar-refractivity contribution is 0.0806. The lowest BCUT2D eigenvalue weighted by atomic mass is 10.1. The maximum atomic E-state index is 12.8. The Kier molecular flexibility index (Phi) is 5.81. The minimum Gasteiger partial charge on any atom is -0.473 e. The molecule has 2 aromatic heterocycles. The third-order valence-corrected chi connectivity index (χ3v) is 5.69. The first-order valence-electron chi connectivity index (χ1n) is 10.9. The number of anilines is 1. The van der Waals surface area contributed by atoms with Gasteiger partial charge in [0, 0.05) is 42.0 Å². The Morgan fingerprint density at radius 2 is 2.06 bits per heavy atom. The molecular formula is C25H25N5O2. The summed E-state index contributed by atoms with van der Waals surface area (Å²) in [6.07, 6.45) is 5.46. The molecule has 32 heavy (non-hydrogen) atoms. The van der Waals surface area contributed by atoms with Gasteiger partial charge in [0.05, 0.1) is 11.7 Å². The van der Waals surface area contributed by atoms with Gasteiger partial charge in [-0.15, -0.1) is 0 Å². The molecule has 7 nitrogen and oxygen atoms in total. The summed E-state index contributed by atoms with van der Waals surface area (Å²) in [4.78, 5) is 19.5. The van der Waals surface area contributed by atoms with Crippen LogP contribution in [-0.2, 0) is 6.54 Å². The number of nitrogens with one attached hydrogen (secondary N) is 2. The van der Waals surface area contributed by atoms with E-state index in [-0.39, 0.29) is 12.0 Å². The number of amides is 1. The van der Waals surface area contributed by atoms with Gasteiger partial charge in [0.25, 0.3) is 5.91 Å². The van der Waals surface area contributed by atoms with Crippen LogP contribution in [-0.4, -0.2) is 45.2 Å². The first kappa shape index (κ1) is 20.2. The molecule has 1 aliphatic rings. The van der Waals surface area contributed by atoms with Crippen molar-refractivity contribution >= 4 is 22.5 Å². The fourth-order valence-corrected chi connectivity index (χ4v) is 4.10. The minimum absolute atomic E-state index is 0.0572. The second-order valence-corrected chi connectivity index (χ2v) is 8.11. The Hall–Kier alpha value is -3.71. The van der Waals surface area contributed by atoms with Crippen LogP contribution in [0.1, 0.15) is 28.8 Å². The van der Waals surface area contributed by atoms with E-state index < -0.39 is 0 Å². The molecule has 0 saturated carbocycles. The molecule has 7 heteroatoms. The predicted molar refractivity (Wildman–Crippen MR) is 124 cm³/mol. The molecule has 3 heterocycles. The van der Waals surface area contributed by atoms with Crippen molar-refractivity contribution < 1.29 is 9.53 Å². The van der Waals surface area contributed by atoms with Gasteiger partial charge in [-0.05, 0) is 49.2 Å². The second-order valence-electron chi connectivity index (χ2n) is 8.11. The Morgan fingerprint density at radius 3 is 2.97 bits per heavy atom. The van der Waals surface area contributed by atoms with Gasteiger partial charge < -0.3 is 10.1 Å². The first-order valence-corrected chi connectivity index (χ1v) is 10.9. The van der Waals surface area contributed by atoms with Crippen molar-refractivity contribution in [3.8, 4) is 5.88 Å². The van der Waals surface area contributed by atoms with Crippen LogP contribution >= 0.6 is 0 Å². The van der Waals surface area contributed by atoms with Crippen molar-refractivity contribution in [1.29, 1.82) is 0 Å². The van der Waals surface area contributed by atoms with Gasteiger partial charge in [-0.2, -0.15) is 5.10 Å². The molecule has 1 atom stereocenters. The molecular weight excluding hydrogens is 402 g/mol. The molecule has 0 spiro atoms. The number of aromatic nitrogens is 3. The highest BCUT2D eigenvalue weighted by atomic mass is 16.5. The topological polar surface area (TPSA) is 83.1 Å². The van der Waals surface area contributed by atoms with Crippen LogP contribution in [0.25, 0.3) is 10.9 Å². The standard InChI is InChI=1S/C25H25N5O2/c31-25(28-21-8-9-23-20(13-21)15-27-29-23)19-10-11-26-24(14-19)32-22-7-4-12-30(17-22)16-18-5-2-1-3-6-18/h1-3,5-6,8-11,13-15,22H,4,7,12,16-17H2,(H,27,29)(H,28,31)/t22-/m1/s1. The van der Waals surface area contributed by atoms with Crippen molar-refractivity contribution in [2.75, 3.05) is 18.4 Å². The fraction of sp³-hybridized carbons (Fsp3) is 0.240. The number of carbonyl (C=O) groups is 1. The zero-order valence-electron chi connectivity index (χ0n) is 17.7. The summed E-state index contributed by atoms with van der Waals surface area (Å²) in [5.74, 6) is 0.281. The molecule has 1 amide bonds. The molecule has 4 aromatic rings. The third-order valence-electron chi connectivity index (χ3n) is 5.69. The maximum Gasteiger partial charge on any atom is 0.255 e. The quantitative estimate of drug-likeness (QED) is 0.481. The number of ether oxygens (including phenoxy) is 1. The van der Waals surface area contributed by atoms with Crippen LogP contribution in [0.3, 0.4) is 0 Å². The van der Waals surface area contributed by atoms with Crippen LogP contribution in [0, 0.1) is 0 Å². The number of piperidine rings is 1. The van der Waals surface area contributed by atoms with Crippen LogP contribution < -0.4 is 10.1 Å². The zero-order valence-corrected chi connectivity index (χ0v) is 17.7. The van der Waals surface area contributed by atoms with E-state index in [1.807, 2.05) is 24.3 Å². The average Bonchev–Trinajstić information content (AvgIpc) is 3.28. The van der Waals surface area contributed by atoms with Crippen LogP contribution in [0.5, 0.6) is 5.88 Å². The van der Waals surface area contributed by atoms with E-state index in [4.69, 9.17) is 4.74 Å². The molecule has 2 N–H and O–H groups in total. The van der Waals surface area contributed by atoms with Gasteiger partial charge in [-0.3, -0.25) is 14.8 Å². The fourth-order valence-electron chi connectivity index (χ4n) is 4.10. The number of likely N-dealkylation sites (tertiary alicyclic amines) is 1. The number of hydrogen-bond acceptors (Lipinski definition) is 5. The van der Waals surface area contributed by atoms with Crippen molar-refractivity contribution in [3.63, 3.8) is 0 Å². The highest BCUT2D eigenvalue weighted by molar-refractivity contribution is 6.05. The highest BCUT2D eigenvalue weighted by Gasteiger charge is 2.22. The Bertz CT molecular complexity index is 1210. The van der Waals surface area contributed by atoms with Gasteiger partial charge in [0.2, 0.25) is 5.88 Å². The summed E-state index contributed by atoms with van der Waals surface area (Å²) in [5, 5.41) is 10.8. The summed E-state index contributed by atoms with van der Waals surface area (Å²) in [7, 11) is 0. The van der Waals surface area contributed by atoms with E-state index in [2.05, 4.69) is 49.7 Å². The van der Waals surface area contributed by atoms with E-state index in [0.717, 1.165) is 43.4 Å². The zero-order chi connectivity index (χ0) is 21.8. The van der Waals surface area contributed by atoms with Gasteiger partial charge in [0.15, 0.2) is 0 Å². The monoisotopic (exact) mass is 427 g/mol. The van der Waals surface area contributed by atoms with Crippen molar-refractivity contribution in [2.45, 2.75) is 25.5 Å². The van der Waals surface area contributed by atoms with E-state index >= 15 is 0 Å². The highest BCUT2D eigenvalue weighted by Crippen LogP contribution is 2.21. The molecule has 0 unspecified atom stereocenters. The number of fused-ring (bicyclic) bond motifs is 1. The summed E-state index contributed by atoms with van der Waals surface area (Å²) in [6.45, 7) is 2.82. The van der Waals surface area contributed by atoms with E-state index in [0.29, 0.717) is 17.1 Å². The largest absolute Gasteiger partial charge is 0.473 e. The SMILES string of the molecule is O=C(Nc1ccc2[nH]ncc2c1)c1ccnc(O[C@@H]2CCCN(Cc3ccccc3)C2)c1. The van der Waals surface area contributed by atoms with Crippen LogP contribution in [0.4, 0.5) is 5.69 Å². The third kappa shape index (κ3) is 4.78. The molecule has 1 fully saturated rings. The number of aromatic amines is 1. The molecule has 2 aromatic carbocycles. The lowest BCUT2D eigenvalue weighted by Crippen LogP contribution is -2.40. The van der Waals surface area contributed by atoms with Crippen molar-refractivity contribution in [1.82, 2.24) is 20.1 Å². The Balaban J connectivity index is 1.22. The maximum absolute atomic E-state index is 12.8. The van der Waals surface area contributed by atoms with E-state index in [9.17, 15) is 4.79 Å². The summed E-state index contributed by atoms with van der Waals surface area (Å²) in [6, 6.07) is 19.5. The van der Waals surface area contributed by atoms with Crippen molar-refractivity contribution in [2.24, 2.45) is 0 Å². The van der Waals surface area contributed by atoms with Crippen LogP contribution in [0.15, 0.2) is 73.1 Å². The molecule has 5 rings (SSSR count). The second kappa shape index (κ2) is 9.20. The number of rotatable bonds is 6. The van der Waals surface area contributed by atoms with Gasteiger partial charge in [-0.1, -0.05) is 30.3 Å². The number of pyridine rings is 1. The minimum atomic E-state index is -0.200. The van der Waals surface area contributed by atoms with E-state index in [1.54, 1.807) is 24.5 Å². The molecule has 0 bridgehead atoms. The Labute approximate surface area is 186 Å².